The van der Waals surface area contributed by atoms with Gasteiger partial charge < -0.3 is 4.79 Å². The monoisotopic (exact) mass is 136 g/mol. The second kappa shape index (κ2) is 4.41. The van der Waals surface area contributed by atoms with Gasteiger partial charge in [-0.3, -0.25) is 0 Å². The highest BCUT2D eigenvalue weighted by Gasteiger charge is 2.01. The van der Waals surface area contributed by atoms with Gasteiger partial charge in [-0.05, 0) is 13.3 Å². The summed E-state index contributed by atoms with van der Waals surface area (Å²) >= 11 is 0. The molecule has 9 heavy (non-hydrogen) atoms. The van der Waals surface area contributed by atoms with Gasteiger partial charge in [0, 0.05) is 12.8 Å². The molecule has 0 saturated heterocycles. The topological polar surface area (TPSA) is 17.1 Å². The van der Waals surface area contributed by atoms with Crippen LogP contribution in [0.3, 0.4) is 0 Å². The van der Waals surface area contributed by atoms with Gasteiger partial charge in [-0.1, -0.05) is 0 Å². The third-order valence-electron chi connectivity index (χ3n) is 0.951. The van der Waals surface area contributed by atoms with E-state index in [-0.39, 0.29) is 18.6 Å². The van der Waals surface area contributed by atoms with E-state index in [4.69, 9.17) is 0 Å². The number of carbonyl (C=O) groups is 1. The normalized spacial score (nSPS) is 10.2. The molecule has 0 radical (unpaired) electrons. The van der Waals surface area contributed by atoms with Gasteiger partial charge in [-0.2, -0.15) is 0 Å². The van der Waals surface area contributed by atoms with Gasteiger partial charge in [0.1, 0.15) is 5.78 Å². The second-order valence-corrected chi connectivity index (χ2v) is 1.99. The summed E-state index contributed by atoms with van der Waals surface area (Å²) in [5, 5.41) is 0. The van der Waals surface area contributed by atoms with Crippen molar-refractivity contribution in [1.29, 1.82) is 0 Å². The Morgan fingerprint density at radius 3 is 2.44 bits per heavy atom. The van der Waals surface area contributed by atoms with Crippen molar-refractivity contribution in [2.45, 2.75) is 32.6 Å². The van der Waals surface area contributed by atoms with Crippen LogP contribution in [0.5, 0.6) is 0 Å². The minimum Gasteiger partial charge on any atom is -0.300 e. The zero-order valence-corrected chi connectivity index (χ0v) is 5.36. The molecule has 0 bridgehead atoms. The lowest BCUT2D eigenvalue weighted by atomic mass is 10.2. The van der Waals surface area contributed by atoms with Crippen molar-refractivity contribution >= 4 is 5.78 Å². The average Bonchev–Trinajstić information content (AvgIpc) is 1.63. The minimum absolute atomic E-state index is 0.0179. The van der Waals surface area contributed by atoms with Crippen LogP contribution in [0.1, 0.15) is 26.2 Å². The van der Waals surface area contributed by atoms with E-state index in [2.05, 4.69) is 0 Å². The first-order valence-corrected chi connectivity index (χ1v) is 2.90. The van der Waals surface area contributed by atoms with Crippen LogP contribution in [0.15, 0.2) is 0 Å². The van der Waals surface area contributed by atoms with Crippen LogP contribution in [0.25, 0.3) is 0 Å². The van der Waals surface area contributed by atoms with Crippen molar-refractivity contribution in [3.63, 3.8) is 0 Å². The number of alkyl halides is 2. The van der Waals surface area contributed by atoms with Crippen molar-refractivity contribution in [3.05, 3.63) is 0 Å². The Hall–Kier alpha value is -0.470. The van der Waals surface area contributed by atoms with Crippen LogP contribution in [0, 0.1) is 0 Å². The Morgan fingerprint density at radius 1 is 1.56 bits per heavy atom. The zero-order chi connectivity index (χ0) is 7.28. The summed E-state index contributed by atoms with van der Waals surface area (Å²) in [5.41, 5.74) is 0. The van der Waals surface area contributed by atoms with E-state index >= 15 is 0 Å². The van der Waals surface area contributed by atoms with Gasteiger partial charge in [0.25, 0.3) is 0 Å². The maximum Gasteiger partial charge on any atom is 0.238 e. The van der Waals surface area contributed by atoms with Crippen LogP contribution in [-0.2, 0) is 4.79 Å². The van der Waals surface area contributed by atoms with Gasteiger partial charge in [-0.25, -0.2) is 8.78 Å². The Labute approximate surface area is 53.1 Å². The summed E-state index contributed by atoms with van der Waals surface area (Å²) in [4.78, 5) is 10.2. The molecule has 0 aromatic heterocycles. The molecule has 0 unspecified atom stereocenters. The largest absolute Gasteiger partial charge is 0.300 e. The van der Waals surface area contributed by atoms with Crippen molar-refractivity contribution in [3.8, 4) is 0 Å². The quantitative estimate of drug-likeness (QED) is 0.577. The van der Waals surface area contributed by atoms with Crippen molar-refractivity contribution in [2.75, 3.05) is 0 Å². The first-order chi connectivity index (χ1) is 4.13. The number of halogens is 2. The standard InChI is InChI=1S/C6H10F2O/c1-5(9)3-2-4-6(7)8/h6H,2-4H2,1H3. The maximum absolute atomic E-state index is 11.4. The third kappa shape index (κ3) is 7.53. The lowest BCUT2D eigenvalue weighted by Gasteiger charge is -1.94. The van der Waals surface area contributed by atoms with Crippen molar-refractivity contribution < 1.29 is 13.6 Å². The molecule has 0 N–H and O–H groups in total. The highest BCUT2D eigenvalue weighted by atomic mass is 19.3. The van der Waals surface area contributed by atoms with Gasteiger partial charge in [0.05, 0.1) is 0 Å². The lowest BCUT2D eigenvalue weighted by Crippen LogP contribution is -1.94. The van der Waals surface area contributed by atoms with Crippen LogP contribution in [0.4, 0.5) is 8.78 Å². The molecule has 0 spiro atoms. The maximum atomic E-state index is 11.4. The Balaban J connectivity index is 3.01. The predicted octanol–water partition coefficient (Wildman–Crippen LogP) is 2.01. The number of ketones is 1. The van der Waals surface area contributed by atoms with Gasteiger partial charge in [-0.15, -0.1) is 0 Å². The van der Waals surface area contributed by atoms with Crippen molar-refractivity contribution in [1.82, 2.24) is 0 Å². The molecule has 0 aliphatic carbocycles. The SMILES string of the molecule is CC(=O)CCCC(F)F. The van der Waals surface area contributed by atoms with Gasteiger partial charge in [0.15, 0.2) is 0 Å². The van der Waals surface area contributed by atoms with E-state index in [9.17, 15) is 13.6 Å². The molecule has 0 fully saturated rings. The third-order valence-corrected chi connectivity index (χ3v) is 0.951. The molecule has 0 atom stereocenters. The minimum atomic E-state index is -2.26. The molecule has 0 aliphatic heterocycles. The van der Waals surface area contributed by atoms with E-state index in [1.54, 1.807) is 0 Å². The molecular formula is C6H10F2O. The predicted molar refractivity (Wildman–Crippen MR) is 30.5 cm³/mol. The van der Waals surface area contributed by atoms with Gasteiger partial charge >= 0.3 is 0 Å². The van der Waals surface area contributed by atoms with Crippen LogP contribution < -0.4 is 0 Å². The number of rotatable bonds is 4. The van der Waals surface area contributed by atoms with E-state index in [0.29, 0.717) is 6.42 Å². The van der Waals surface area contributed by atoms with Crippen LogP contribution in [0.2, 0.25) is 0 Å². The van der Waals surface area contributed by atoms with E-state index in [0.717, 1.165) is 0 Å². The molecule has 0 aliphatic rings. The fourth-order valence-corrected chi connectivity index (χ4v) is 0.505. The highest BCUT2D eigenvalue weighted by Crippen LogP contribution is 2.05. The molecule has 1 nitrogen and oxygen atoms in total. The molecule has 0 aromatic carbocycles. The highest BCUT2D eigenvalue weighted by molar-refractivity contribution is 5.75. The van der Waals surface area contributed by atoms with E-state index in [1.165, 1.54) is 6.92 Å². The van der Waals surface area contributed by atoms with Crippen molar-refractivity contribution in [2.24, 2.45) is 0 Å². The van der Waals surface area contributed by atoms with Crippen LogP contribution >= 0.6 is 0 Å². The molecule has 0 amide bonds. The fraction of sp³-hybridized carbons (Fsp3) is 0.833. The van der Waals surface area contributed by atoms with E-state index in [1.807, 2.05) is 0 Å². The Kier molecular flexibility index (Phi) is 4.18. The summed E-state index contributed by atoms with van der Waals surface area (Å²) in [6, 6.07) is 0. The molecule has 0 saturated carbocycles. The van der Waals surface area contributed by atoms with Crippen LogP contribution in [-0.4, -0.2) is 12.2 Å². The van der Waals surface area contributed by atoms with Gasteiger partial charge in [0.2, 0.25) is 6.43 Å². The molecule has 0 rings (SSSR count). The number of carbonyl (C=O) groups excluding carboxylic acids is 1. The van der Waals surface area contributed by atoms with E-state index < -0.39 is 6.43 Å². The second-order valence-electron chi connectivity index (χ2n) is 1.99. The summed E-state index contributed by atoms with van der Waals surface area (Å²) in [6.07, 6.45) is -1.82. The molecule has 0 heterocycles. The Morgan fingerprint density at radius 2 is 2.11 bits per heavy atom. The molecule has 54 valence electrons. The first kappa shape index (κ1) is 8.53. The first-order valence-electron chi connectivity index (χ1n) is 2.90. The average molecular weight is 136 g/mol. The summed E-state index contributed by atoms with van der Waals surface area (Å²) in [7, 11) is 0. The molecule has 0 aromatic rings. The zero-order valence-electron chi connectivity index (χ0n) is 5.36. The number of hydrogen-bond donors (Lipinski definition) is 0. The molecular weight excluding hydrogens is 126 g/mol. The summed E-state index contributed by atoms with van der Waals surface area (Å²) in [6.45, 7) is 1.41. The summed E-state index contributed by atoms with van der Waals surface area (Å²) < 4.78 is 22.7. The summed E-state index contributed by atoms with van der Waals surface area (Å²) in [5.74, 6) is -0.0179. The number of Topliss-reactive ketones (excluding diaryl/α,β-unsaturated/α-hetero) is 1. The lowest BCUT2D eigenvalue weighted by molar-refractivity contribution is -0.117. The molecule has 3 heteroatoms. The number of hydrogen-bond acceptors (Lipinski definition) is 1. The smallest absolute Gasteiger partial charge is 0.238 e. The Bertz CT molecular complexity index is 91.1. The fourth-order valence-electron chi connectivity index (χ4n) is 0.505.